The summed E-state index contributed by atoms with van der Waals surface area (Å²) in [5.41, 5.74) is 0. The van der Waals surface area contributed by atoms with Crippen LogP contribution in [0.15, 0.2) is 0 Å². The molecule has 0 bridgehead atoms. The Morgan fingerprint density at radius 3 is 2.73 bits per heavy atom. The number of β-amino-alcohol motifs (C(OH)–C–C–N with tert-alkyl or cyclic N) is 1. The molecule has 0 aromatic rings. The molecule has 5 heteroatoms. The first-order valence-corrected chi connectivity index (χ1v) is 5.27. The molecule has 1 fully saturated rings. The Labute approximate surface area is 90.3 Å². The van der Waals surface area contributed by atoms with Crippen molar-refractivity contribution in [1.29, 1.82) is 0 Å². The van der Waals surface area contributed by atoms with E-state index >= 15 is 0 Å². The fourth-order valence-electron chi connectivity index (χ4n) is 1.96. The summed E-state index contributed by atoms with van der Waals surface area (Å²) in [7, 11) is 4.09. The summed E-state index contributed by atoms with van der Waals surface area (Å²) in [6.07, 6.45) is 0.180. The Morgan fingerprint density at radius 1 is 1.60 bits per heavy atom. The largest absolute Gasteiger partial charge is 0.481 e. The van der Waals surface area contributed by atoms with Crippen LogP contribution in [0, 0.1) is 0 Å². The number of likely N-dealkylation sites (tertiary alicyclic amines) is 1. The lowest BCUT2D eigenvalue weighted by Gasteiger charge is -2.21. The molecule has 1 rings (SSSR count). The molecule has 0 spiro atoms. The number of aliphatic carboxylic acids is 1. The maximum atomic E-state index is 10.4. The number of rotatable bonds is 5. The number of carboxylic acids is 1. The van der Waals surface area contributed by atoms with Crippen LogP contribution in [0.1, 0.15) is 12.8 Å². The van der Waals surface area contributed by atoms with E-state index < -0.39 is 12.1 Å². The second-order valence-corrected chi connectivity index (χ2v) is 4.42. The van der Waals surface area contributed by atoms with Crippen molar-refractivity contribution < 1.29 is 15.0 Å². The third-order valence-corrected chi connectivity index (χ3v) is 2.86. The van der Waals surface area contributed by atoms with Gasteiger partial charge >= 0.3 is 5.97 Å². The van der Waals surface area contributed by atoms with Gasteiger partial charge in [0.1, 0.15) is 0 Å². The van der Waals surface area contributed by atoms with Crippen LogP contribution in [0.25, 0.3) is 0 Å². The Balaban J connectivity index is 2.26. The number of hydrogen-bond donors (Lipinski definition) is 2. The third-order valence-electron chi connectivity index (χ3n) is 2.86. The maximum Gasteiger partial charge on any atom is 0.306 e. The van der Waals surface area contributed by atoms with Gasteiger partial charge in [0.25, 0.3) is 0 Å². The highest BCUT2D eigenvalue weighted by Gasteiger charge is 2.25. The SMILES string of the molecule is CN(C)C1CCN(CC(O)CC(=O)O)C1. The Kier molecular flexibility index (Phi) is 4.50. The topological polar surface area (TPSA) is 64.0 Å². The molecule has 2 atom stereocenters. The van der Waals surface area contributed by atoms with Gasteiger partial charge in [-0.15, -0.1) is 0 Å². The van der Waals surface area contributed by atoms with Crippen molar-refractivity contribution in [3.63, 3.8) is 0 Å². The Morgan fingerprint density at radius 2 is 2.27 bits per heavy atom. The lowest BCUT2D eigenvalue weighted by Crippen LogP contribution is -2.35. The average Bonchev–Trinajstić information content (AvgIpc) is 2.50. The Hall–Kier alpha value is -0.650. The molecule has 0 amide bonds. The third kappa shape index (κ3) is 4.15. The van der Waals surface area contributed by atoms with Gasteiger partial charge in [0.05, 0.1) is 12.5 Å². The smallest absolute Gasteiger partial charge is 0.306 e. The molecule has 1 aliphatic heterocycles. The van der Waals surface area contributed by atoms with E-state index in [0.717, 1.165) is 19.5 Å². The summed E-state index contributed by atoms with van der Waals surface area (Å²) in [5, 5.41) is 18.0. The molecule has 0 radical (unpaired) electrons. The molecule has 5 nitrogen and oxygen atoms in total. The predicted molar refractivity (Wildman–Crippen MR) is 56.8 cm³/mol. The van der Waals surface area contributed by atoms with Gasteiger partial charge in [0.15, 0.2) is 0 Å². The zero-order valence-electron chi connectivity index (χ0n) is 9.39. The van der Waals surface area contributed by atoms with E-state index in [1.165, 1.54) is 0 Å². The molecule has 2 N–H and O–H groups in total. The van der Waals surface area contributed by atoms with Crippen molar-refractivity contribution in [1.82, 2.24) is 9.80 Å². The second kappa shape index (κ2) is 5.44. The van der Waals surface area contributed by atoms with Crippen molar-refractivity contribution in [2.75, 3.05) is 33.7 Å². The second-order valence-electron chi connectivity index (χ2n) is 4.42. The highest BCUT2D eigenvalue weighted by molar-refractivity contribution is 5.67. The van der Waals surface area contributed by atoms with Gasteiger partial charge in [0, 0.05) is 19.1 Å². The Bertz CT molecular complexity index is 221. The van der Waals surface area contributed by atoms with Crippen LogP contribution in [0.5, 0.6) is 0 Å². The fraction of sp³-hybridized carbons (Fsp3) is 0.900. The fourth-order valence-corrected chi connectivity index (χ4v) is 1.96. The average molecular weight is 216 g/mol. The predicted octanol–water partition coefficient (Wildman–Crippen LogP) is -0.542. The van der Waals surface area contributed by atoms with Crippen molar-refractivity contribution in [3.05, 3.63) is 0 Å². The number of aliphatic hydroxyl groups excluding tert-OH is 1. The number of nitrogens with zero attached hydrogens (tertiary/aromatic N) is 2. The normalized spacial score (nSPS) is 24.7. The summed E-state index contributed by atoms with van der Waals surface area (Å²) >= 11 is 0. The van der Waals surface area contributed by atoms with Gasteiger partial charge in [-0.05, 0) is 27.1 Å². The molecule has 2 unspecified atom stereocenters. The van der Waals surface area contributed by atoms with Crippen molar-refractivity contribution >= 4 is 5.97 Å². The summed E-state index contributed by atoms with van der Waals surface area (Å²) in [6.45, 7) is 2.33. The minimum Gasteiger partial charge on any atom is -0.481 e. The zero-order valence-corrected chi connectivity index (χ0v) is 9.39. The molecule has 88 valence electrons. The molecule has 15 heavy (non-hydrogen) atoms. The van der Waals surface area contributed by atoms with E-state index in [-0.39, 0.29) is 6.42 Å². The minimum absolute atomic E-state index is 0.164. The highest BCUT2D eigenvalue weighted by atomic mass is 16.4. The van der Waals surface area contributed by atoms with Crippen LogP contribution in [-0.2, 0) is 4.79 Å². The van der Waals surface area contributed by atoms with E-state index in [4.69, 9.17) is 5.11 Å². The summed E-state index contributed by atoms with van der Waals surface area (Å²) in [4.78, 5) is 14.7. The van der Waals surface area contributed by atoms with Crippen LogP contribution >= 0.6 is 0 Å². The molecule has 1 saturated heterocycles. The van der Waals surface area contributed by atoms with Crippen molar-refractivity contribution in [2.24, 2.45) is 0 Å². The van der Waals surface area contributed by atoms with E-state index in [0.29, 0.717) is 12.6 Å². The molecule has 0 aromatic heterocycles. The van der Waals surface area contributed by atoms with Crippen molar-refractivity contribution in [3.8, 4) is 0 Å². The monoisotopic (exact) mass is 216 g/mol. The van der Waals surface area contributed by atoms with Gasteiger partial charge in [-0.1, -0.05) is 0 Å². The van der Waals surface area contributed by atoms with Gasteiger partial charge in [-0.25, -0.2) is 0 Å². The van der Waals surface area contributed by atoms with E-state index in [1.54, 1.807) is 0 Å². The van der Waals surface area contributed by atoms with Gasteiger partial charge in [0.2, 0.25) is 0 Å². The van der Waals surface area contributed by atoms with E-state index in [1.807, 2.05) is 14.1 Å². The summed E-state index contributed by atoms with van der Waals surface area (Å²) in [5.74, 6) is -0.939. The number of aliphatic hydroxyl groups is 1. The van der Waals surface area contributed by atoms with Crippen molar-refractivity contribution in [2.45, 2.75) is 25.0 Å². The first-order valence-electron chi connectivity index (χ1n) is 5.27. The van der Waals surface area contributed by atoms with Gasteiger partial charge in [-0.2, -0.15) is 0 Å². The van der Waals surface area contributed by atoms with Gasteiger partial charge in [-0.3, -0.25) is 9.69 Å². The summed E-state index contributed by atoms with van der Waals surface area (Å²) < 4.78 is 0. The molecule has 1 heterocycles. The highest BCUT2D eigenvalue weighted by Crippen LogP contribution is 2.13. The standard InChI is InChI=1S/C10H20N2O3/c1-11(2)8-3-4-12(6-8)7-9(13)5-10(14)15/h8-9,13H,3-7H2,1-2H3,(H,14,15). The zero-order chi connectivity index (χ0) is 11.4. The molecular weight excluding hydrogens is 196 g/mol. The van der Waals surface area contributed by atoms with E-state index in [9.17, 15) is 9.90 Å². The number of carboxylic acid groups (broad SMARTS) is 1. The van der Waals surface area contributed by atoms with Crippen LogP contribution < -0.4 is 0 Å². The molecule has 0 aromatic carbocycles. The minimum atomic E-state index is -0.939. The van der Waals surface area contributed by atoms with Gasteiger partial charge < -0.3 is 15.1 Å². The van der Waals surface area contributed by atoms with Crippen LogP contribution in [0.4, 0.5) is 0 Å². The first-order chi connectivity index (χ1) is 6.99. The number of hydrogen-bond acceptors (Lipinski definition) is 4. The first kappa shape index (κ1) is 12.4. The molecular formula is C10H20N2O3. The van der Waals surface area contributed by atoms with Crippen LogP contribution in [-0.4, -0.2) is 71.9 Å². The summed E-state index contributed by atoms with van der Waals surface area (Å²) in [6, 6.07) is 0.530. The molecule has 0 saturated carbocycles. The maximum absolute atomic E-state index is 10.4. The lowest BCUT2D eigenvalue weighted by molar-refractivity contribution is -0.139. The van der Waals surface area contributed by atoms with Crippen LogP contribution in [0.3, 0.4) is 0 Å². The number of carbonyl (C=O) groups is 1. The van der Waals surface area contributed by atoms with E-state index in [2.05, 4.69) is 9.80 Å². The molecule has 0 aliphatic carbocycles. The lowest BCUT2D eigenvalue weighted by atomic mass is 10.2. The number of likely N-dealkylation sites (N-methyl/N-ethyl adjacent to an activating group) is 1. The quantitative estimate of drug-likeness (QED) is 0.646. The molecule has 1 aliphatic rings. The van der Waals surface area contributed by atoms with Crippen LogP contribution in [0.2, 0.25) is 0 Å².